The Bertz CT molecular complexity index is 930. The zero-order valence-electron chi connectivity index (χ0n) is 15.7. The van der Waals surface area contributed by atoms with Crippen LogP contribution in [0.15, 0.2) is 16.7 Å². The molecule has 2 aliphatic rings. The highest BCUT2D eigenvalue weighted by molar-refractivity contribution is 5.96. The Labute approximate surface area is 160 Å². The van der Waals surface area contributed by atoms with Crippen LogP contribution < -0.4 is 10.6 Å². The van der Waals surface area contributed by atoms with Crippen LogP contribution in [0.1, 0.15) is 29.7 Å². The van der Waals surface area contributed by atoms with E-state index in [1.807, 2.05) is 11.9 Å². The topological polar surface area (TPSA) is 104 Å². The van der Waals surface area contributed by atoms with E-state index in [4.69, 9.17) is 4.52 Å². The third-order valence-electron chi connectivity index (χ3n) is 5.09. The first kappa shape index (κ1) is 18.4. The third kappa shape index (κ3) is 3.55. The number of benzene rings is 1. The van der Waals surface area contributed by atoms with E-state index in [1.165, 1.54) is 12.1 Å². The molecule has 1 atom stereocenters. The largest absolute Gasteiger partial charge is 0.338 e. The molecule has 1 aromatic carbocycles. The molecule has 0 spiro atoms. The number of likely N-dealkylation sites (N-methyl/N-ethyl adjacent to an activating group) is 1. The second-order valence-electron chi connectivity index (χ2n) is 7.09. The number of aromatic nitrogens is 2. The molecule has 1 saturated heterocycles. The van der Waals surface area contributed by atoms with Crippen molar-refractivity contribution in [3.8, 4) is 0 Å². The third-order valence-corrected chi connectivity index (χ3v) is 5.09. The van der Waals surface area contributed by atoms with Gasteiger partial charge in [0, 0.05) is 31.7 Å². The smallest absolute Gasteiger partial charge is 0.322 e. The Kier molecular flexibility index (Phi) is 4.71. The van der Waals surface area contributed by atoms with Gasteiger partial charge in [0.25, 0.3) is 0 Å². The molecule has 2 N–H and O–H groups in total. The summed E-state index contributed by atoms with van der Waals surface area (Å²) < 4.78 is 19.7. The number of anilines is 2. The molecule has 2 aromatic rings. The fourth-order valence-corrected chi connectivity index (χ4v) is 3.46. The summed E-state index contributed by atoms with van der Waals surface area (Å²) in [4.78, 5) is 32.2. The number of aryl methyl sites for hydroxylation is 2. The van der Waals surface area contributed by atoms with Gasteiger partial charge in [0.05, 0.1) is 5.69 Å². The minimum atomic E-state index is -0.526. The van der Waals surface area contributed by atoms with Crippen molar-refractivity contribution in [2.45, 2.75) is 25.8 Å². The normalized spacial score (nSPS) is 19.9. The van der Waals surface area contributed by atoms with Crippen LogP contribution in [0.4, 0.5) is 20.6 Å². The standard InChI is InChI=1S/C18H21FN6O3/c1-10-20-17(28-23-10)15-9-25(6-5-24(15)2)18(27)22-14-8-13-11(7-12(14)19)3-4-16(26)21-13/h7-8,15H,3-6,9H2,1-2H3,(H,21,26)(H,22,27). The van der Waals surface area contributed by atoms with Crippen LogP contribution in [0.3, 0.4) is 0 Å². The Balaban J connectivity index is 1.49. The Hall–Kier alpha value is -3.01. The van der Waals surface area contributed by atoms with E-state index in [2.05, 4.69) is 20.8 Å². The summed E-state index contributed by atoms with van der Waals surface area (Å²) in [7, 11) is 1.92. The molecule has 0 aliphatic carbocycles. The quantitative estimate of drug-likeness (QED) is 0.815. The molecule has 28 heavy (non-hydrogen) atoms. The summed E-state index contributed by atoms with van der Waals surface area (Å²) in [6.07, 6.45) is 0.812. The lowest BCUT2D eigenvalue weighted by Gasteiger charge is -2.37. The Morgan fingerprint density at radius 3 is 2.93 bits per heavy atom. The number of fused-ring (bicyclic) bond motifs is 1. The van der Waals surface area contributed by atoms with Crippen LogP contribution in [-0.2, 0) is 11.2 Å². The van der Waals surface area contributed by atoms with Gasteiger partial charge >= 0.3 is 6.03 Å². The minimum Gasteiger partial charge on any atom is -0.338 e. The molecule has 3 amide bonds. The molecule has 1 aromatic heterocycles. The maximum atomic E-state index is 14.4. The van der Waals surface area contributed by atoms with Gasteiger partial charge in [0.15, 0.2) is 5.82 Å². The van der Waals surface area contributed by atoms with E-state index in [-0.39, 0.29) is 17.6 Å². The van der Waals surface area contributed by atoms with Crippen molar-refractivity contribution in [3.05, 3.63) is 35.2 Å². The lowest BCUT2D eigenvalue weighted by atomic mass is 10.0. The molecule has 4 rings (SSSR count). The molecule has 9 nitrogen and oxygen atoms in total. The van der Waals surface area contributed by atoms with Crippen LogP contribution in [0, 0.1) is 12.7 Å². The summed E-state index contributed by atoms with van der Waals surface area (Å²) in [5.41, 5.74) is 1.29. The second kappa shape index (κ2) is 7.19. The summed E-state index contributed by atoms with van der Waals surface area (Å²) in [5.74, 6) is 0.331. The molecule has 0 radical (unpaired) electrons. The average Bonchev–Trinajstić information content (AvgIpc) is 3.09. The van der Waals surface area contributed by atoms with Gasteiger partial charge in [-0.25, -0.2) is 9.18 Å². The van der Waals surface area contributed by atoms with Crippen molar-refractivity contribution in [2.75, 3.05) is 37.3 Å². The Morgan fingerprint density at radius 1 is 1.36 bits per heavy atom. The van der Waals surface area contributed by atoms with Crippen LogP contribution >= 0.6 is 0 Å². The maximum absolute atomic E-state index is 14.4. The lowest BCUT2D eigenvalue weighted by molar-refractivity contribution is -0.116. The second-order valence-corrected chi connectivity index (χ2v) is 7.09. The Morgan fingerprint density at radius 2 is 2.18 bits per heavy atom. The van der Waals surface area contributed by atoms with Crippen LogP contribution in [0.2, 0.25) is 0 Å². The van der Waals surface area contributed by atoms with Gasteiger partial charge in [-0.1, -0.05) is 5.16 Å². The van der Waals surface area contributed by atoms with Crippen LogP contribution in [-0.4, -0.2) is 58.6 Å². The van der Waals surface area contributed by atoms with Crippen molar-refractivity contribution >= 4 is 23.3 Å². The van der Waals surface area contributed by atoms with E-state index in [0.29, 0.717) is 49.9 Å². The van der Waals surface area contributed by atoms with Crippen molar-refractivity contribution in [1.29, 1.82) is 0 Å². The number of nitrogens with one attached hydrogen (secondary N) is 2. The number of rotatable bonds is 2. The van der Waals surface area contributed by atoms with E-state index in [1.54, 1.807) is 11.8 Å². The first-order valence-corrected chi connectivity index (χ1v) is 9.09. The van der Waals surface area contributed by atoms with Crippen molar-refractivity contribution in [1.82, 2.24) is 19.9 Å². The predicted octanol–water partition coefficient (Wildman–Crippen LogP) is 1.92. The summed E-state index contributed by atoms with van der Waals surface area (Å²) in [5, 5.41) is 9.13. The van der Waals surface area contributed by atoms with E-state index in [0.717, 1.165) is 5.56 Å². The number of piperazine rings is 1. The van der Waals surface area contributed by atoms with E-state index >= 15 is 0 Å². The molecule has 1 unspecified atom stereocenters. The lowest BCUT2D eigenvalue weighted by Crippen LogP contribution is -2.50. The van der Waals surface area contributed by atoms with Gasteiger partial charge in [-0.15, -0.1) is 0 Å². The average molecular weight is 388 g/mol. The van der Waals surface area contributed by atoms with Crippen LogP contribution in [0.25, 0.3) is 0 Å². The summed E-state index contributed by atoms with van der Waals surface area (Å²) in [6.45, 7) is 3.17. The zero-order valence-corrected chi connectivity index (χ0v) is 15.7. The van der Waals surface area contributed by atoms with Crippen molar-refractivity contribution < 1.29 is 18.5 Å². The van der Waals surface area contributed by atoms with Crippen molar-refractivity contribution in [3.63, 3.8) is 0 Å². The molecule has 2 aliphatic heterocycles. The van der Waals surface area contributed by atoms with Gasteiger partial charge in [-0.2, -0.15) is 4.98 Å². The molecule has 0 saturated carbocycles. The molecule has 148 valence electrons. The van der Waals surface area contributed by atoms with Gasteiger partial charge in [0.1, 0.15) is 11.9 Å². The first-order chi connectivity index (χ1) is 13.4. The van der Waals surface area contributed by atoms with Crippen molar-refractivity contribution in [2.24, 2.45) is 0 Å². The van der Waals surface area contributed by atoms with Crippen LogP contribution in [0.5, 0.6) is 0 Å². The summed E-state index contributed by atoms with van der Waals surface area (Å²) >= 11 is 0. The molecule has 3 heterocycles. The number of carbonyl (C=O) groups excluding carboxylic acids is 2. The van der Waals surface area contributed by atoms with Gasteiger partial charge in [-0.3, -0.25) is 9.69 Å². The molecular formula is C18H21FN6O3. The summed E-state index contributed by atoms with van der Waals surface area (Å²) in [6, 6.07) is 2.18. The number of halogens is 1. The number of carbonyl (C=O) groups is 2. The minimum absolute atomic E-state index is 0.0371. The maximum Gasteiger partial charge on any atom is 0.322 e. The highest BCUT2D eigenvalue weighted by Crippen LogP contribution is 2.29. The number of urea groups is 1. The fraction of sp³-hybridized carbons (Fsp3) is 0.444. The molecular weight excluding hydrogens is 367 g/mol. The van der Waals surface area contributed by atoms with Gasteiger partial charge in [0.2, 0.25) is 11.8 Å². The predicted molar refractivity (Wildman–Crippen MR) is 98.3 cm³/mol. The first-order valence-electron chi connectivity index (χ1n) is 9.09. The highest BCUT2D eigenvalue weighted by Gasteiger charge is 2.32. The van der Waals surface area contributed by atoms with Gasteiger partial charge < -0.3 is 20.1 Å². The molecule has 1 fully saturated rings. The highest BCUT2D eigenvalue weighted by atomic mass is 19.1. The monoisotopic (exact) mass is 388 g/mol. The number of nitrogens with zero attached hydrogens (tertiary/aromatic N) is 4. The van der Waals surface area contributed by atoms with Gasteiger partial charge in [-0.05, 0) is 38.1 Å². The number of amides is 3. The molecule has 10 heteroatoms. The van der Waals surface area contributed by atoms with E-state index < -0.39 is 11.8 Å². The molecule has 0 bridgehead atoms. The number of hydrogen-bond donors (Lipinski definition) is 2. The SMILES string of the molecule is Cc1noc(C2CN(C(=O)Nc3cc4c(cc3F)CCC(=O)N4)CCN2C)n1. The van der Waals surface area contributed by atoms with E-state index in [9.17, 15) is 14.0 Å². The number of hydrogen-bond acceptors (Lipinski definition) is 6. The fourth-order valence-electron chi connectivity index (χ4n) is 3.46. The zero-order chi connectivity index (χ0) is 19.8.